The Labute approximate surface area is 119 Å². The summed E-state index contributed by atoms with van der Waals surface area (Å²) in [4.78, 5) is 8.92. The predicted octanol–water partition coefficient (Wildman–Crippen LogP) is 3.29. The summed E-state index contributed by atoms with van der Waals surface area (Å²) in [6.45, 7) is 3.82. The molecule has 1 aromatic heterocycles. The van der Waals surface area contributed by atoms with Crippen LogP contribution in [0.3, 0.4) is 0 Å². The monoisotopic (exact) mass is 269 g/mol. The second-order valence-corrected chi connectivity index (χ2v) is 4.96. The number of hydrogen-bond donors (Lipinski definition) is 1. The molecule has 2 aromatic rings. The van der Waals surface area contributed by atoms with Crippen molar-refractivity contribution in [3.05, 3.63) is 36.2 Å². The normalized spacial score (nSPS) is 13.4. The average molecular weight is 269 g/mol. The van der Waals surface area contributed by atoms with Crippen molar-refractivity contribution in [2.24, 2.45) is 0 Å². The summed E-state index contributed by atoms with van der Waals surface area (Å²) in [6.07, 6.45) is 6.78. The molecule has 1 N–H and O–H groups in total. The highest BCUT2D eigenvalue weighted by molar-refractivity contribution is 5.70. The van der Waals surface area contributed by atoms with Gasteiger partial charge in [-0.25, -0.2) is 4.98 Å². The zero-order chi connectivity index (χ0) is 13.8. The fourth-order valence-electron chi connectivity index (χ4n) is 2.42. The van der Waals surface area contributed by atoms with E-state index in [0.717, 1.165) is 55.2 Å². The maximum Gasteiger partial charge on any atom is 0.145 e. The Morgan fingerprint density at radius 3 is 3.15 bits per heavy atom. The Bertz CT molecular complexity index is 598. The Kier molecular flexibility index (Phi) is 3.81. The molecule has 0 saturated carbocycles. The van der Waals surface area contributed by atoms with Gasteiger partial charge in [0.25, 0.3) is 0 Å². The number of ether oxygens (including phenoxy) is 1. The highest BCUT2D eigenvalue weighted by atomic mass is 16.5. The van der Waals surface area contributed by atoms with Crippen LogP contribution in [0.2, 0.25) is 0 Å². The lowest BCUT2D eigenvalue weighted by atomic mass is 10.0. The van der Waals surface area contributed by atoms with Crippen molar-refractivity contribution in [3.8, 4) is 17.0 Å². The summed E-state index contributed by atoms with van der Waals surface area (Å²) in [5.41, 5.74) is 3.17. The summed E-state index contributed by atoms with van der Waals surface area (Å²) in [6, 6.07) is 6.25. The number of nitrogens with one attached hydrogen (secondary N) is 1. The van der Waals surface area contributed by atoms with E-state index in [0.29, 0.717) is 0 Å². The third-order valence-corrected chi connectivity index (χ3v) is 3.40. The lowest BCUT2D eigenvalue weighted by Crippen LogP contribution is -2.10. The van der Waals surface area contributed by atoms with E-state index in [9.17, 15) is 0 Å². The first-order valence-corrected chi connectivity index (χ1v) is 7.19. The fourth-order valence-corrected chi connectivity index (χ4v) is 2.42. The summed E-state index contributed by atoms with van der Waals surface area (Å²) < 4.78 is 5.84. The average Bonchev–Trinajstić information content (AvgIpc) is 2.52. The number of aryl methyl sites for hydroxylation is 1. The summed E-state index contributed by atoms with van der Waals surface area (Å²) in [5, 5.41) is 3.27. The Hall–Kier alpha value is -2.10. The number of aromatic nitrogens is 2. The SMILES string of the molecule is CCCNc1cncc(-c2cccc3c2OCCC3)n1. The number of para-hydroxylation sites is 1. The molecular weight excluding hydrogens is 250 g/mol. The maximum atomic E-state index is 5.84. The van der Waals surface area contributed by atoms with Crippen LogP contribution >= 0.6 is 0 Å². The van der Waals surface area contributed by atoms with Crippen LogP contribution in [0.15, 0.2) is 30.6 Å². The van der Waals surface area contributed by atoms with Crippen molar-refractivity contribution in [2.45, 2.75) is 26.2 Å². The molecule has 0 atom stereocenters. The standard InChI is InChI=1S/C16H19N3O/c1-2-8-18-15-11-17-10-14(19-15)13-7-3-5-12-6-4-9-20-16(12)13/h3,5,7,10-11H,2,4,6,8-9H2,1H3,(H,18,19). The van der Waals surface area contributed by atoms with Gasteiger partial charge in [0, 0.05) is 12.1 Å². The first-order valence-electron chi connectivity index (χ1n) is 7.19. The first-order chi connectivity index (χ1) is 9.88. The van der Waals surface area contributed by atoms with Crippen LogP contribution in [-0.2, 0) is 6.42 Å². The molecule has 4 nitrogen and oxygen atoms in total. The van der Waals surface area contributed by atoms with Gasteiger partial charge in [0.2, 0.25) is 0 Å². The van der Waals surface area contributed by atoms with Gasteiger partial charge >= 0.3 is 0 Å². The first kappa shape index (κ1) is 12.9. The molecule has 4 heteroatoms. The van der Waals surface area contributed by atoms with Crippen LogP contribution in [-0.4, -0.2) is 23.1 Å². The zero-order valence-electron chi connectivity index (χ0n) is 11.7. The molecule has 0 aliphatic carbocycles. The van der Waals surface area contributed by atoms with Crippen molar-refractivity contribution in [3.63, 3.8) is 0 Å². The van der Waals surface area contributed by atoms with Crippen molar-refractivity contribution < 1.29 is 4.74 Å². The Morgan fingerprint density at radius 2 is 2.25 bits per heavy atom. The van der Waals surface area contributed by atoms with E-state index >= 15 is 0 Å². The van der Waals surface area contributed by atoms with E-state index in [1.54, 1.807) is 12.4 Å². The minimum atomic E-state index is 0.783. The second kappa shape index (κ2) is 5.90. The fraction of sp³-hybridized carbons (Fsp3) is 0.375. The van der Waals surface area contributed by atoms with Crippen LogP contribution in [0.4, 0.5) is 5.82 Å². The van der Waals surface area contributed by atoms with Crippen LogP contribution in [0.5, 0.6) is 5.75 Å². The van der Waals surface area contributed by atoms with Gasteiger partial charge in [0.05, 0.1) is 24.7 Å². The zero-order valence-corrected chi connectivity index (χ0v) is 11.7. The molecule has 2 heterocycles. The van der Waals surface area contributed by atoms with E-state index < -0.39 is 0 Å². The third-order valence-electron chi connectivity index (χ3n) is 3.40. The van der Waals surface area contributed by atoms with Gasteiger partial charge in [-0.05, 0) is 30.9 Å². The van der Waals surface area contributed by atoms with Gasteiger partial charge in [-0.1, -0.05) is 19.1 Å². The number of benzene rings is 1. The summed E-state index contributed by atoms with van der Waals surface area (Å²) >= 11 is 0. The smallest absolute Gasteiger partial charge is 0.145 e. The summed E-state index contributed by atoms with van der Waals surface area (Å²) in [7, 11) is 0. The Morgan fingerprint density at radius 1 is 1.30 bits per heavy atom. The van der Waals surface area contributed by atoms with Crippen molar-refractivity contribution >= 4 is 5.82 Å². The van der Waals surface area contributed by atoms with Gasteiger partial charge in [0.15, 0.2) is 0 Å². The van der Waals surface area contributed by atoms with Gasteiger partial charge in [-0.3, -0.25) is 4.98 Å². The largest absolute Gasteiger partial charge is 0.493 e. The summed E-state index contributed by atoms with van der Waals surface area (Å²) in [5.74, 6) is 1.79. The number of fused-ring (bicyclic) bond motifs is 1. The molecular formula is C16H19N3O. The van der Waals surface area contributed by atoms with Gasteiger partial charge < -0.3 is 10.1 Å². The lowest BCUT2D eigenvalue weighted by Gasteiger charge is -2.20. The number of hydrogen-bond acceptors (Lipinski definition) is 4. The number of rotatable bonds is 4. The van der Waals surface area contributed by atoms with Gasteiger partial charge in [0.1, 0.15) is 11.6 Å². The van der Waals surface area contributed by atoms with Crippen molar-refractivity contribution in [1.82, 2.24) is 9.97 Å². The molecule has 104 valence electrons. The minimum Gasteiger partial charge on any atom is -0.493 e. The second-order valence-electron chi connectivity index (χ2n) is 4.96. The molecule has 20 heavy (non-hydrogen) atoms. The lowest BCUT2D eigenvalue weighted by molar-refractivity contribution is 0.289. The molecule has 0 fully saturated rings. The molecule has 0 radical (unpaired) electrons. The van der Waals surface area contributed by atoms with Crippen LogP contribution in [0, 0.1) is 0 Å². The molecule has 0 bridgehead atoms. The maximum absolute atomic E-state index is 5.84. The van der Waals surface area contributed by atoms with E-state index in [2.05, 4.69) is 40.4 Å². The van der Waals surface area contributed by atoms with E-state index in [1.165, 1.54) is 5.56 Å². The number of anilines is 1. The molecule has 0 unspecified atom stereocenters. The van der Waals surface area contributed by atoms with Crippen LogP contribution in [0.25, 0.3) is 11.3 Å². The van der Waals surface area contributed by atoms with Gasteiger partial charge in [-0.15, -0.1) is 0 Å². The van der Waals surface area contributed by atoms with Crippen LogP contribution < -0.4 is 10.1 Å². The molecule has 0 saturated heterocycles. The highest BCUT2D eigenvalue weighted by Gasteiger charge is 2.16. The molecule has 1 aliphatic heterocycles. The molecule has 0 spiro atoms. The molecule has 1 aromatic carbocycles. The van der Waals surface area contributed by atoms with Crippen molar-refractivity contribution in [2.75, 3.05) is 18.5 Å². The Balaban J connectivity index is 1.96. The molecule has 1 aliphatic rings. The number of nitrogens with zero attached hydrogens (tertiary/aromatic N) is 2. The van der Waals surface area contributed by atoms with E-state index in [4.69, 9.17) is 4.74 Å². The predicted molar refractivity (Wildman–Crippen MR) is 80.1 cm³/mol. The van der Waals surface area contributed by atoms with Crippen LogP contribution in [0.1, 0.15) is 25.3 Å². The van der Waals surface area contributed by atoms with E-state index in [1.807, 2.05) is 0 Å². The topological polar surface area (TPSA) is 47.0 Å². The molecule has 3 rings (SSSR count). The van der Waals surface area contributed by atoms with Gasteiger partial charge in [-0.2, -0.15) is 0 Å². The van der Waals surface area contributed by atoms with Crippen molar-refractivity contribution in [1.29, 1.82) is 0 Å². The minimum absolute atomic E-state index is 0.783. The quantitative estimate of drug-likeness (QED) is 0.925. The highest BCUT2D eigenvalue weighted by Crippen LogP contribution is 2.35. The molecule has 0 amide bonds. The van der Waals surface area contributed by atoms with E-state index in [-0.39, 0.29) is 0 Å². The third kappa shape index (κ3) is 2.59.